The molecule has 1 aromatic heterocycles. The molecule has 0 aliphatic carbocycles. The van der Waals surface area contributed by atoms with Crippen LogP contribution in [-0.4, -0.2) is 24.2 Å². The molecule has 5 nitrogen and oxygen atoms in total. The summed E-state index contributed by atoms with van der Waals surface area (Å²) in [7, 11) is 0. The number of amides is 1. The second-order valence-electron chi connectivity index (χ2n) is 6.35. The Kier molecular flexibility index (Phi) is 6.95. The van der Waals surface area contributed by atoms with Gasteiger partial charge in [-0.05, 0) is 37.6 Å². The van der Waals surface area contributed by atoms with Crippen LogP contribution in [0.1, 0.15) is 22.8 Å². The maximum absolute atomic E-state index is 12.6. The summed E-state index contributed by atoms with van der Waals surface area (Å²) < 4.78 is 5.23. The molecule has 0 radical (unpaired) electrons. The summed E-state index contributed by atoms with van der Waals surface area (Å²) in [6.45, 7) is 4.03. The topological polar surface area (TPSA) is 81.4 Å². The van der Waals surface area contributed by atoms with Gasteiger partial charge in [-0.1, -0.05) is 35.9 Å². The molecule has 0 saturated carbocycles. The molecule has 0 fully saturated rings. The molecule has 1 heterocycles. The van der Waals surface area contributed by atoms with Crippen molar-refractivity contribution in [3.63, 3.8) is 0 Å². The van der Waals surface area contributed by atoms with Crippen molar-refractivity contribution in [2.24, 2.45) is 0 Å². The number of hydrogen-bond donors (Lipinski definition) is 2. The molecule has 0 atom stereocenters. The van der Waals surface area contributed by atoms with Gasteiger partial charge in [0, 0.05) is 21.5 Å². The highest BCUT2D eigenvalue weighted by Crippen LogP contribution is 2.36. The summed E-state index contributed by atoms with van der Waals surface area (Å²) in [5.41, 5.74) is 9.62. The summed E-state index contributed by atoms with van der Waals surface area (Å²) in [5.74, 6) is -0.424. The van der Waals surface area contributed by atoms with Crippen LogP contribution >= 0.6 is 23.1 Å². The number of carbonyl (C=O) groups excluding carboxylic acids is 2. The highest BCUT2D eigenvalue weighted by atomic mass is 32.2. The Balaban J connectivity index is 1.79. The Morgan fingerprint density at radius 1 is 1.17 bits per heavy atom. The van der Waals surface area contributed by atoms with Gasteiger partial charge in [0.1, 0.15) is 10.6 Å². The van der Waals surface area contributed by atoms with Gasteiger partial charge in [-0.15, -0.1) is 23.1 Å². The summed E-state index contributed by atoms with van der Waals surface area (Å²) in [6, 6.07) is 15.3. The van der Waals surface area contributed by atoms with E-state index in [4.69, 9.17) is 10.5 Å². The van der Waals surface area contributed by atoms with Crippen LogP contribution in [-0.2, 0) is 9.53 Å². The number of hydrogen-bond acceptors (Lipinski definition) is 6. The fourth-order valence-corrected chi connectivity index (χ4v) is 4.45. The largest absolute Gasteiger partial charge is 0.462 e. The number of nitrogens with one attached hydrogen (secondary N) is 1. The zero-order valence-electron chi connectivity index (χ0n) is 16.2. The first-order chi connectivity index (χ1) is 14.0. The highest BCUT2D eigenvalue weighted by Gasteiger charge is 2.22. The molecular formula is C22H22N2O3S2. The second-order valence-corrected chi connectivity index (χ2v) is 8.28. The van der Waals surface area contributed by atoms with Gasteiger partial charge >= 0.3 is 5.97 Å². The number of ether oxygens (including phenoxy) is 1. The molecule has 29 heavy (non-hydrogen) atoms. The van der Waals surface area contributed by atoms with Crippen molar-refractivity contribution in [3.8, 4) is 11.1 Å². The number of nitrogens with two attached hydrogens (primary N) is 1. The molecule has 7 heteroatoms. The van der Waals surface area contributed by atoms with E-state index in [-0.39, 0.29) is 18.3 Å². The maximum atomic E-state index is 12.6. The molecule has 3 N–H and O–H groups in total. The number of anilines is 2. The maximum Gasteiger partial charge on any atom is 0.341 e. The Labute approximate surface area is 178 Å². The SMILES string of the molecule is CCOC(=O)c1c(-c2ccc(C)cc2)csc1NC(=O)CSc1cccc(N)c1. The molecule has 1 amide bonds. The van der Waals surface area contributed by atoms with Crippen molar-refractivity contribution in [3.05, 3.63) is 65.0 Å². The number of thiophene rings is 1. The van der Waals surface area contributed by atoms with Gasteiger partial charge in [0.05, 0.1) is 12.4 Å². The molecule has 0 unspecified atom stereocenters. The van der Waals surface area contributed by atoms with Gasteiger partial charge in [-0.3, -0.25) is 4.79 Å². The normalized spacial score (nSPS) is 10.6. The van der Waals surface area contributed by atoms with Crippen LogP contribution in [0.15, 0.2) is 58.8 Å². The molecule has 3 aromatic rings. The molecule has 0 saturated heterocycles. The molecule has 2 aromatic carbocycles. The Bertz CT molecular complexity index is 1010. The van der Waals surface area contributed by atoms with Crippen LogP contribution in [0.5, 0.6) is 0 Å². The van der Waals surface area contributed by atoms with Crippen molar-refractivity contribution in [1.29, 1.82) is 0 Å². The molecule has 150 valence electrons. The predicted octanol–water partition coefficient (Wildman–Crippen LogP) is 5.21. The van der Waals surface area contributed by atoms with E-state index in [0.29, 0.717) is 16.3 Å². The summed E-state index contributed by atoms with van der Waals surface area (Å²) in [5, 5.41) is 5.23. The van der Waals surface area contributed by atoms with Crippen LogP contribution in [0.25, 0.3) is 11.1 Å². The molecule has 0 aliphatic heterocycles. The first-order valence-electron chi connectivity index (χ1n) is 9.11. The second kappa shape index (κ2) is 9.62. The van der Waals surface area contributed by atoms with E-state index >= 15 is 0 Å². The fraction of sp³-hybridized carbons (Fsp3) is 0.182. The Morgan fingerprint density at radius 2 is 1.93 bits per heavy atom. The lowest BCUT2D eigenvalue weighted by Crippen LogP contribution is -2.16. The van der Waals surface area contributed by atoms with Crippen molar-refractivity contribution in [1.82, 2.24) is 0 Å². The van der Waals surface area contributed by atoms with Crippen molar-refractivity contribution < 1.29 is 14.3 Å². The zero-order chi connectivity index (χ0) is 20.8. The van der Waals surface area contributed by atoms with Crippen molar-refractivity contribution in [2.45, 2.75) is 18.7 Å². The summed E-state index contributed by atoms with van der Waals surface area (Å²) >= 11 is 2.71. The number of aryl methyl sites for hydroxylation is 1. The van der Waals surface area contributed by atoms with E-state index in [1.54, 1.807) is 13.0 Å². The van der Waals surface area contributed by atoms with E-state index in [9.17, 15) is 9.59 Å². The molecule has 0 aliphatic rings. The lowest BCUT2D eigenvalue weighted by Gasteiger charge is -2.09. The lowest BCUT2D eigenvalue weighted by atomic mass is 10.0. The third kappa shape index (κ3) is 5.40. The quantitative estimate of drug-likeness (QED) is 0.308. The van der Waals surface area contributed by atoms with Gasteiger partial charge in [0.25, 0.3) is 0 Å². The smallest absolute Gasteiger partial charge is 0.341 e. The zero-order valence-corrected chi connectivity index (χ0v) is 17.9. The van der Waals surface area contributed by atoms with Gasteiger partial charge in [0.2, 0.25) is 5.91 Å². The van der Waals surface area contributed by atoms with Gasteiger partial charge in [0.15, 0.2) is 0 Å². The van der Waals surface area contributed by atoms with Crippen LogP contribution < -0.4 is 11.1 Å². The van der Waals surface area contributed by atoms with Gasteiger partial charge in [-0.25, -0.2) is 4.79 Å². The minimum absolute atomic E-state index is 0.194. The summed E-state index contributed by atoms with van der Waals surface area (Å²) in [6.07, 6.45) is 0. The number of benzene rings is 2. The van der Waals surface area contributed by atoms with Gasteiger partial charge in [-0.2, -0.15) is 0 Å². The number of carbonyl (C=O) groups is 2. The van der Waals surface area contributed by atoms with E-state index in [1.165, 1.54) is 23.1 Å². The average molecular weight is 427 g/mol. The van der Waals surface area contributed by atoms with Crippen LogP contribution in [0.4, 0.5) is 10.7 Å². The van der Waals surface area contributed by atoms with Crippen molar-refractivity contribution >= 4 is 45.7 Å². The monoisotopic (exact) mass is 426 g/mol. The van der Waals surface area contributed by atoms with E-state index in [2.05, 4.69) is 5.32 Å². The van der Waals surface area contributed by atoms with Crippen LogP contribution in [0, 0.1) is 6.92 Å². The predicted molar refractivity (Wildman–Crippen MR) is 121 cm³/mol. The number of nitrogen functional groups attached to an aromatic ring is 1. The third-order valence-electron chi connectivity index (χ3n) is 4.11. The first kappa shape index (κ1) is 21.0. The van der Waals surface area contributed by atoms with E-state index < -0.39 is 5.97 Å². The minimum atomic E-state index is -0.442. The minimum Gasteiger partial charge on any atom is -0.462 e. The number of rotatable bonds is 7. The van der Waals surface area contributed by atoms with Gasteiger partial charge < -0.3 is 15.8 Å². The fourth-order valence-electron chi connectivity index (χ4n) is 2.72. The van der Waals surface area contributed by atoms with E-state index in [0.717, 1.165) is 21.6 Å². The molecule has 3 rings (SSSR count). The molecular weight excluding hydrogens is 404 g/mol. The highest BCUT2D eigenvalue weighted by molar-refractivity contribution is 8.00. The third-order valence-corrected chi connectivity index (χ3v) is 6.00. The molecule has 0 spiro atoms. The Hall–Kier alpha value is -2.77. The van der Waals surface area contributed by atoms with Crippen molar-refractivity contribution in [2.75, 3.05) is 23.4 Å². The first-order valence-corrected chi connectivity index (χ1v) is 11.0. The number of thioether (sulfide) groups is 1. The van der Waals surface area contributed by atoms with E-state index in [1.807, 2.05) is 54.8 Å². The number of esters is 1. The van der Waals surface area contributed by atoms with Crippen LogP contribution in [0.2, 0.25) is 0 Å². The Morgan fingerprint density at radius 3 is 2.62 bits per heavy atom. The van der Waals surface area contributed by atoms with Crippen LogP contribution in [0.3, 0.4) is 0 Å². The standard InChI is InChI=1S/C22H22N2O3S2/c1-3-27-22(26)20-18(15-9-7-14(2)8-10-15)12-29-21(20)24-19(25)13-28-17-6-4-5-16(23)11-17/h4-12H,3,13,23H2,1-2H3,(H,24,25). The lowest BCUT2D eigenvalue weighted by molar-refractivity contribution is -0.113. The molecule has 0 bridgehead atoms. The summed E-state index contributed by atoms with van der Waals surface area (Å²) in [4.78, 5) is 26.0. The average Bonchev–Trinajstić information content (AvgIpc) is 3.11.